The minimum Gasteiger partial charge on any atom is -0.488 e. The highest BCUT2D eigenvalue weighted by atomic mass is 16.8. The van der Waals surface area contributed by atoms with Crippen LogP contribution in [-0.2, 0) is 23.7 Å². The molecule has 7 nitrogen and oxygen atoms in total. The monoisotopic (exact) mass is 500 g/mol. The predicted molar refractivity (Wildman–Crippen MR) is 135 cm³/mol. The van der Waals surface area contributed by atoms with E-state index in [0.29, 0.717) is 31.6 Å². The summed E-state index contributed by atoms with van der Waals surface area (Å²) in [6.45, 7) is 1.04. The summed E-state index contributed by atoms with van der Waals surface area (Å²) in [5.74, 6) is -1.24. The number of benzene rings is 3. The molecule has 0 radical (unpaired) electrons. The van der Waals surface area contributed by atoms with Gasteiger partial charge in [0.2, 0.25) is 5.79 Å². The van der Waals surface area contributed by atoms with Crippen molar-refractivity contribution in [2.75, 3.05) is 19.8 Å². The summed E-state index contributed by atoms with van der Waals surface area (Å²) in [4.78, 5) is 24.8. The van der Waals surface area contributed by atoms with Gasteiger partial charge in [0, 0.05) is 18.3 Å². The topological polar surface area (TPSA) is 80.3 Å². The van der Waals surface area contributed by atoms with Crippen LogP contribution in [0.25, 0.3) is 10.8 Å². The van der Waals surface area contributed by atoms with Crippen molar-refractivity contribution in [1.82, 2.24) is 0 Å². The Kier molecular flexibility index (Phi) is 6.40. The van der Waals surface area contributed by atoms with Crippen LogP contribution in [0.2, 0.25) is 0 Å². The Morgan fingerprint density at radius 1 is 0.973 bits per heavy atom. The highest BCUT2D eigenvalue weighted by Crippen LogP contribution is 2.44. The predicted octanol–water partition coefficient (Wildman–Crippen LogP) is 4.70. The van der Waals surface area contributed by atoms with Gasteiger partial charge in [-0.15, -0.1) is 0 Å². The van der Waals surface area contributed by atoms with Crippen molar-refractivity contribution in [2.24, 2.45) is 11.8 Å². The summed E-state index contributed by atoms with van der Waals surface area (Å²) >= 11 is 0. The van der Waals surface area contributed by atoms with Gasteiger partial charge >= 0.3 is 11.9 Å². The molecule has 2 aliphatic heterocycles. The molecule has 0 aromatic heterocycles. The molecule has 3 aromatic carbocycles. The second kappa shape index (κ2) is 10.00. The van der Waals surface area contributed by atoms with Gasteiger partial charge in [-0.2, -0.15) is 0 Å². The maximum Gasteiger partial charge on any atom is 0.338 e. The Hall–Kier alpha value is -3.68. The van der Waals surface area contributed by atoms with Gasteiger partial charge in [0.25, 0.3) is 0 Å². The Labute approximate surface area is 214 Å². The number of fused-ring (bicyclic) bond motifs is 2. The first kappa shape index (κ1) is 23.7. The normalized spacial score (nSPS) is 26.3. The van der Waals surface area contributed by atoms with Gasteiger partial charge in [0.05, 0.1) is 25.2 Å². The van der Waals surface area contributed by atoms with E-state index in [0.717, 1.165) is 16.5 Å². The van der Waals surface area contributed by atoms with Crippen molar-refractivity contribution in [1.29, 1.82) is 0 Å². The summed E-state index contributed by atoms with van der Waals surface area (Å²) in [6.07, 6.45) is 3.86. The Bertz CT molecular complexity index is 1310. The average molecular weight is 501 g/mol. The Morgan fingerprint density at radius 3 is 2.54 bits per heavy atom. The molecule has 0 spiro atoms. The molecule has 0 unspecified atom stereocenters. The van der Waals surface area contributed by atoms with Gasteiger partial charge in [0.15, 0.2) is 0 Å². The van der Waals surface area contributed by atoms with Crippen molar-refractivity contribution in [3.63, 3.8) is 0 Å². The third kappa shape index (κ3) is 4.97. The van der Waals surface area contributed by atoms with Crippen molar-refractivity contribution >= 4 is 22.7 Å². The lowest BCUT2D eigenvalue weighted by molar-refractivity contribution is -0.141. The summed E-state index contributed by atoms with van der Waals surface area (Å²) in [5.41, 5.74) is 0.488. The van der Waals surface area contributed by atoms with E-state index in [1.165, 1.54) is 0 Å². The lowest BCUT2D eigenvalue weighted by Gasteiger charge is -2.26. The SMILES string of the molecule is O=C1C[C@@H]2[C@@H](/C=C/C3(COc4ccc5ccccc5c4)OCCO3)[C@H](OC(=O)c3ccccc3)C[C@@H]2O1. The van der Waals surface area contributed by atoms with E-state index in [9.17, 15) is 9.59 Å². The minimum absolute atomic E-state index is 0.0721. The molecule has 3 aliphatic rings. The van der Waals surface area contributed by atoms with Crippen molar-refractivity contribution < 1.29 is 33.3 Å². The standard InChI is InChI=1S/C30H28O7/c31-28-17-25-24(26(18-27(25)36-28)37-29(32)21-7-2-1-3-8-21)12-13-30(34-14-15-35-30)19-33-23-11-10-20-6-4-5-9-22(20)16-23/h1-13,16,24-27H,14-15,17-19H2/b13-12+/t24-,25-,26-,27+/m1/s1. The van der Waals surface area contributed by atoms with Crippen LogP contribution < -0.4 is 4.74 Å². The lowest BCUT2D eigenvalue weighted by Crippen LogP contribution is -2.36. The molecule has 3 aromatic rings. The highest BCUT2D eigenvalue weighted by Gasteiger charge is 2.51. The maximum absolute atomic E-state index is 12.8. The number of hydrogen-bond donors (Lipinski definition) is 0. The largest absolute Gasteiger partial charge is 0.488 e. The molecule has 190 valence electrons. The van der Waals surface area contributed by atoms with Gasteiger partial charge in [-0.05, 0) is 41.1 Å². The molecule has 37 heavy (non-hydrogen) atoms. The van der Waals surface area contributed by atoms with Crippen molar-refractivity contribution in [3.05, 3.63) is 90.5 Å². The van der Waals surface area contributed by atoms with Gasteiger partial charge < -0.3 is 23.7 Å². The van der Waals surface area contributed by atoms with Crippen molar-refractivity contribution in [2.45, 2.75) is 30.8 Å². The molecule has 0 N–H and O–H groups in total. The first-order valence-corrected chi connectivity index (χ1v) is 12.6. The molecule has 3 fully saturated rings. The first-order valence-electron chi connectivity index (χ1n) is 12.6. The van der Waals surface area contributed by atoms with Crippen molar-refractivity contribution in [3.8, 4) is 5.75 Å². The fourth-order valence-corrected chi connectivity index (χ4v) is 5.47. The molecule has 7 heteroatoms. The molecule has 1 aliphatic carbocycles. The van der Waals surface area contributed by atoms with E-state index in [-0.39, 0.29) is 30.5 Å². The molecule has 4 atom stereocenters. The van der Waals surface area contributed by atoms with Gasteiger partial charge in [-0.1, -0.05) is 54.6 Å². The molecule has 2 saturated heterocycles. The third-order valence-electron chi connectivity index (χ3n) is 7.33. The molecule has 6 rings (SSSR count). The quantitative estimate of drug-likeness (QED) is 0.344. The molecule has 0 bridgehead atoms. The number of ether oxygens (including phenoxy) is 5. The minimum atomic E-state index is -1.07. The molecular formula is C30H28O7. The van der Waals surface area contributed by atoms with E-state index < -0.39 is 17.9 Å². The second-order valence-corrected chi connectivity index (χ2v) is 9.68. The van der Waals surface area contributed by atoms with Crippen LogP contribution in [0.5, 0.6) is 5.75 Å². The number of carbonyl (C=O) groups excluding carboxylic acids is 2. The maximum atomic E-state index is 12.8. The van der Waals surface area contributed by atoms with E-state index in [1.54, 1.807) is 24.3 Å². The number of rotatable bonds is 7. The second-order valence-electron chi connectivity index (χ2n) is 9.68. The molecular weight excluding hydrogens is 472 g/mol. The summed E-state index contributed by atoms with van der Waals surface area (Å²) in [6, 6.07) is 22.9. The van der Waals surface area contributed by atoms with Crippen LogP contribution in [0.4, 0.5) is 0 Å². The van der Waals surface area contributed by atoms with Gasteiger partial charge in [0.1, 0.15) is 24.6 Å². The van der Waals surface area contributed by atoms with Gasteiger partial charge in [-0.25, -0.2) is 4.79 Å². The van der Waals surface area contributed by atoms with E-state index in [4.69, 9.17) is 23.7 Å². The van der Waals surface area contributed by atoms with Crippen LogP contribution >= 0.6 is 0 Å². The zero-order valence-electron chi connectivity index (χ0n) is 20.3. The molecule has 2 heterocycles. The Morgan fingerprint density at radius 2 is 1.73 bits per heavy atom. The lowest BCUT2D eigenvalue weighted by atomic mass is 9.91. The van der Waals surface area contributed by atoms with Gasteiger partial charge in [-0.3, -0.25) is 4.79 Å². The highest BCUT2D eigenvalue weighted by molar-refractivity contribution is 5.89. The van der Waals surface area contributed by atoms with Crippen LogP contribution in [0.3, 0.4) is 0 Å². The van der Waals surface area contributed by atoms with Crippen LogP contribution in [0.15, 0.2) is 84.9 Å². The summed E-state index contributed by atoms with van der Waals surface area (Å²) < 4.78 is 29.5. The van der Waals surface area contributed by atoms with Crippen LogP contribution in [-0.4, -0.2) is 49.8 Å². The van der Waals surface area contributed by atoms with E-state index in [2.05, 4.69) is 6.07 Å². The number of esters is 2. The van der Waals surface area contributed by atoms with E-state index >= 15 is 0 Å². The Balaban J connectivity index is 1.20. The number of hydrogen-bond acceptors (Lipinski definition) is 7. The number of carbonyl (C=O) groups is 2. The third-order valence-corrected chi connectivity index (χ3v) is 7.33. The molecule has 1 saturated carbocycles. The van der Waals surface area contributed by atoms with Crippen LogP contribution in [0, 0.1) is 11.8 Å². The fourth-order valence-electron chi connectivity index (χ4n) is 5.47. The van der Waals surface area contributed by atoms with Crippen LogP contribution in [0.1, 0.15) is 23.2 Å². The summed E-state index contributed by atoms with van der Waals surface area (Å²) in [5, 5.41) is 2.22. The zero-order valence-corrected chi connectivity index (χ0v) is 20.3. The molecule has 0 amide bonds. The average Bonchev–Trinajstić information content (AvgIpc) is 3.62. The smallest absolute Gasteiger partial charge is 0.338 e. The first-order chi connectivity index (χ1) is 18.1. The fraction of sp³-hybridized carbons (Fsp3) is 0.333. The van der Waals surface area contributed by atoms with E-state index in [1.807, 2.05) is 54.6 Å². The zero-order chi connectivity index (χ0) is 25.2. The summed E-state index contributed by atoms with van der Waals surface area (Å²) in [7, 11) is 0.